The Kier molecular flexibility index (Phi) is 2.88. The molecule has 4 heteroatoms. The van der Waals surface area contributed by atoms with E-state index in [4.69, 9.17) is 5.11 Å². The van der Waals surface area contributed by atoms with E-state index in [1.807, 2.05) is 30.3 Å². The molecule has 2 nitrogen and oxygen atoms in total. The molecule has 0 bridgehead atoms. The van der Waals surface area contributed by atoms with Crippen LogP contribution in [0.15, 0.2) is 40.9 Å². The summed E-state index contributed by atoms with van der Waals surface area (Å²) in [4.78, 5) is 12.0. The van der Waals surface area contributed by atoms with Crippen LogP contribution in [0, 0.1) is 0 Å². The van der Waals surface area contributed by atoms with Crippen LogP contribution >= 0.6 is 27.3 Å². The Labute approximate surface area is 99.3 Å². The van der Waals surface area contributed by atoms with E-state index in [0.717, 1.165) is 14.9 Å². The molecule has 0 aliphatic carbocycles. The van der Waals surface area contributed by atoms with Gasteiger partial charge in [-0.1, -0.05) is 34.1 Å². The molecule has 0 atom stereocenters. The Morgan fingerprint density at radius 2 is 1.93 bits per heavy atom. The highest BCUT2D eigenvalue weighted by Gasteiger charge is 2.09. The molecule has 0 saturated carbocycles. The number of aromatic carboxylic acids is 1. The fraction of sp³-hybridized carbons (Fsp3) is 0. The summed E-state index contributed by atoms with van der Waals surface area (Å²) in [6.07, 6.45) is 0. The second-order valence-electron chi connectivity index (χ2n) is 2.95. The van der Waals surface area contributed by atoms with Crippen LogP contribution in [0.4, 0.5) is 0 Å². The Balaban J connectivity index is 2.46. The largest absolute Gasteiger partial charge is 0.477 e. The molecular formula is C11H7BrO2S. The smallest absolute Gasteiger partial charge is 0.345 e. The molecule has 0 saturated heterocycles. The van der Waals surface area contributed by atoms with Gasteiger partial charge in [0.05, 0.1) is 0 Å². The molecule has 0 radical (unpaired) electrons. The molecular weight excluding hydrogens is 276 g/mol. The van der Waals surface area contributed by atoms with Crippen LogP contribution in [-0.2, 0) is 0 Å². The van der Waals surface area contributed by atoms with Crippen LogP contribution in [-0.4, -0.2) is 11.1 Å². The van der Waals surface area contributed by atoms with Gasteiger partial charge in [-0.05, 0) is 18.2 Å². The molecule has 1 heterocycles. The minimum Gasteiger partial charge on any atom is -0.477 e. The maximum Gasteiger partial charge on any atom is 0.345 e. The van der Waals surface area contributed by atoms with E-state index in [9.17, 15) is 4.79 Å². The van der Waals surface area contributed by atoms with Gasteiger partial charge in [-0.15, -0.1) is 11.3 Å². The standard InChI is InChI=1S/C11H7BrO2S/c12-8-4-2-1-3-7(8)9-5-6-10(15-9)11(13)14/h1-6H,(H,13,14). The lowest BCUT2D eigenvalue weighted by molar-refractivity contribution is 0.0702. The van der Waals surface area contributed by atoms with Crippen molar-refractivity contribution in [2.45, 2.75) is 0 Å². The van der Waals surface area contributed by atoms with Crippen molar-refractivity contribution < 1.29 is 9.90 Å². The number of thiophene rings is 1. The highest BCUT2D eigenvalue weighted by Crippen LogP contribution is 2.33. The van der Waals surface area contributed by atoms with E-state index in [1.165, 1.54) is 11.3 Å². The minimum absolute atomic E-state index is 0.362. The molecule has 1 aromatic carbocycles. The van der Waals surface area contributed by atoms with E-state index in [0.29, 0.717) is 4.88 Å². The SMILES string of the molecule is O=C(O)c1ccc(-c2ccccc2Br)s1. The highest BCUT2D eigenvalue weighted by atomic mass is 79.9. The van der Waals surface area contributed by atoms with E-state index in [2.05, 4.69) is 15.9 Å². The van der Waals surface area contributed by atoms with Gasteiger partial charge in [-0.3, -0.25) is 0 Å². The lowest BCUT2D eigenvalue weighted by Crippen LogP contribution is -1.89. The molecule has 1 aromatic heterocycles. The lowest BCUT2D eigenvalue weighted by Gasteiger charge is -1.99. The van der Waals surface area contributed by atoms with Gasteiger partial charge in [0.1, 0.15) is 4.88 Å². The molecule has 2 rings (SSSR count). The number of hydrogen-bond acceptors (Lipinski definition) is 2. The summed E-state index contributed by atoms with van der Waals surface area (Å²) in [5.41, 5.74) is 1.02. The Morgan fingerprint density at radius 1 is 1.20 bits per heavy atom. The van der Waals surface area contributed by atoms with Crippen LogP contribution < -0.4 is 0 Å². The zero-order valence-corrected chi connectivity index (χ0v) is 10.0. The summed E-state index contributed by atoms with van der Waals surface area (Å²) >= 11 is 4.72. The van der Waals surface area contributed by atoms with E-state index in [-0.39, 0.29) is 0 Å². The molecule has 76 valence electrons. The van der Waals surface area contributed by atoms with Crippen molar-refractivity contribution >= 4 is 33.2 Å². The van der Waals surface area contributed by atoms with Crippen LogP contribution in [0.3, 0.4) is 0 Å². The summed E-state index contributed by atoms with van der Waals surface area (Å²) in [5, 5.41) is 8.81. The van der Waals surface area contributed by atoms with Gasteiger partial charge in [0.25, 0.3) is 0 Å². The lowest BCUT2D eigenvalue weighted by atomic mass is 10.2. The fourth-order valence-electron chi connectivity index (χ4n) is 1.26. The second-order valence-corrected chi connectivity index (χ2v) is 4.89. The molecule has 0 aliphatic heterocycles. The number of hydrogen-bond donors (Lipinski definition) is 1. The predicted molar refractivity (Wildman–Crippen MR) is 64.4 cm³/mol. The van der Waals surface area contributed by atoms with Crippen molar-refractivity contribution in [2.75, 3.05) is 0 Å². The van der Waals surface area contributed by atoms with Crippen LogP contribution in [0.1, 0.15) is 9.67 Å². The third kappa shape index (κ3) is 2.11. The van der Waals surface area contributed by atoms with Crippen LogP contribution in [0.25, 0.3) is 10.4 Å². The molecule has 0 fully saturated rings. The fourth-order valence-corrected chi connectivity index (χ4v) is 2.77. The number of carbonyl (C=O) groups is 1. The van der Waals surface area contributed by atoms with Gasteiger partial charge in [-0.25, -0.2) is 4.79 Å². The first kappa shape index (κ1) is 10.4. The first-order valence-corrected chi connectivity index (χ1v) is 5.87. The molecule has 1 N–H and O–H groups in total. The van der Waals surface area contributed by atoms with Gasteiger partial charge in [0, 0.05) is 14.9 Å². The third-order valence-electron chi connectivity index (χ3n) is 1.96. The van der Waals surface area contributed by atoms with E-state index >= 15 is 0 Å². The highest BCUT2D eigenvalue weighted by molar-refractivity contribution is 9.10. The van der Waals surface area contributed by atoms with E-state index < -0.39 is 5.97 Å². The Hall–Kier alpha value is -1.13. The number of carboxylic acid groups (broad SMARTS) is 1. The van der Waals surface area contributed by atoms with Crippen molar-refractivity contribution in [2.24, 2.45) is 0 Å². The second kappa shape index (κ2) is 4.16. The average Bonchev–Trinajstić information content (AvgIpc) is 2.67. The van der Waals surface area contributed by atoms with Crippen molar-refractivity contribution in [1.29, 1.82) is 0 Å². The summed E-state index contributed by atoms with van der Waals surface area (Å²) in [7, 11) is 0. The Bertz CT molecular complexity index is 505. The van der Waals surface area contributed by atoms with Gasteiger partial charge in [0.2, 0.25) is 0 Å². The number of halogens is 1. The van der Waals surface area contributed by atoms with Gasteiger partial charge in [-0.2, -0.15) is 0 Å². The molecule has 0 aliphatic rings. The topological polar surface area (TPSA) is 37.3 Å². The Morgan fingerprint density at radius 3 is 2.53 bits per heavy atom. The zero-order chi connectivity index (χ0) is 10.8. The van der Waals surface area contributed by atoms with E-state index in [1.54, 1.807) is 6.07 Å². The molecule has 0 unspecified atom stereocenters. The first-order valence-electron chi connectivity index (χ1n) is 4.26. The average molecular weight is 283 g/mol. The van der Waals surface area contributed by atoms with Crippen LogP contribution in [0.5, 0.6) is 0 Å². The number of carboxylic acids is 1. The quantitative estimate of drug-likeness (QED) is 0.908. The molecule has 0 amide bonds. The summed E-state index contributed by atoms with van der Waals surface area (Å²) < 4.78 is 0.976. The van der Waals surface area contributed by atoms with Gasteiger partial charge >= 0.3 is 5.97 Å². The minimum atomic E-state index is -0.877. The number of rotatable bonds is 2. The number of benzene rings is 1. The zero-order valence-electron chi connectivity index (χ0n) is 7.61. The van der Waals surface area contributed by atoms with Gasteiger partial charge in [0.15, 0.2) is 0 Å². The maximum absolute atomic E-state index is 10.7. The first-order chi connectivity index (χ1) is 7.18. The van der Waals surface area contributed by atoms with Crippen molar-refractivity contribution in [3.05, 3.63) is 45.7 Å². The molecule has 2 aromatic rings. The summed E-state index contributed by atoms with van der Waals surface area (Å²) in [6, 6.07) is 11.2. The predicted octanol–water partition coefficient (Wildman–Crippen LogP) is 3.88. The van der Waals surface area contributed by atoms with Crippen molar-refractivity contribution in [3.63, 3.8) is 0 Å². The van der Waals surface area contributed by atoms with Gasteiger partial charge < -0.3 is 5.11 Å². The van der Waals surface area contributed by atoms with Crippen molar-refractivity contribution in [1.82, 2.24) is 0 Å². The monoisotopic (exact) mass is 282 g/mol. The molecule has 15 heavy (non-hydrogen) atoms. The third-order valence-corrected chi connectivity index (χ3v) is 3.75. The summed E-state index contributed by atoms with van der Waals surface area (Å²) in [5.74, 6) is -0.877. The van der Waals surface area contributed by atoms with Crippen molar-refractivity contribution in [3.8, 4) is 10.4 Å². The van der Waals surface area contributed by atoms with Crippen LogP contribution in [0.2, 0.25) is 0 Å². The maximum atomic E-state index is 10.7. The molecule has 0 spiro atoms. The normalized spacial score (nSPS) is 10.2. The summed E-state index contributed by atoms with van der Waals surface area (Å²) in [6.45, 7) is 0.